The summed E-state index contributed by atoms with van der Waals surface area (Å²) in [7, 11) is 3.34. The predicted octanol–water partition coefficient (Wildman–Crippen LogP) is 2.71. The number of carboxylic acids is 1. The molecule has 0 unspecified atom stereocenters. The number of likely N-dealkylation sites (N-methyl/N-ethyl adjacent to an activating group) is 1. The van der Waals surface area contributed by atoms with E-state index in [1.165, 1.54) is 16.7 Å². The van der Waals surface area contributed by atoms with Crippen LogP contribution in [0, 0.1) is 0 Å². The smallest absolute Gasteiger partial charge is 0.335 e. The lowest BCUT2D eigenvalue weighted by Crippen LogP contribution is -2.23. The van der Waals surface area contributed by atoms with Crippen molar-refractivity contribution in [1.82, 2.24) is 9.47 Å². The first-order valence-corrected chi connectivity index (χ1v) is 7.98. The maximum Gasteiger partial charge on any atom is 0.335 e. The number of amidine groups is 1. The number of aromatic carboxylic acids is 1. The van der Waals surface area contributed by atoms with Gasteiger partial charge in [-0.25, -0.2) is 4.79 Å². The number of carbonyl (C=O) groups is 2. The van der Waals surface area contributed by atoms with E-state index in [9.17, 15) is 9.59 Å². The van der Waals surface area contributed by atoms with E-state index in [0.29, 0.717) is 10.1 Å². The molecule has 1 saturated heterocycles. The van der Waals surface area contributed by atoms with Crippen molar-refractivity contribution in [3.63, 3.8) is 0 Å². The second-order valence-electron chi connectivity index (χ2n) is 5.14. The van der Waals surface area contributed by atoms with Crippen LogP contribution in [0.2, 0.25) is 0 Å². The highest BCUT2D eigenvalue weighted by atomic mass is 32.2. The van der Waals surface area contributed by atoms with Crippen LogP contribution in [-0.4, -0.2) is 45.7 Å². The molecule has 0 aliphatic carbocycles. The fourth-order valence-corrected chi connectivity index (χ4v) is 3.33. The van der Waals surface area contributed by atoms with E-state index in [1.54, 1.807) is 38.4 Å². The minimum Gasteiger partial charge on any atom is -0.478 e. The molecule has 0 bridgehead atoms. The zero-order valence-corrected chi connectivity index (χ0v) is 13.9. The SMILES string of the molecule is CN=C1S/C(=C\c2cccn2-c2cccc(C(=O)O)c2)C(=O)N1C. The Balaban J connectivity index is 2.00. The van der Waals surface area contributed by atoms with Crippen LogP contribution in [0.4, 0.5) is 0 Å². The molecule has 0 atom stereocenters. The van der Waals surface area contributed by atoms with Gasteiger partial charge in [-0.1, -0.05) is 6.07 Å². The molecule has 3 rings (SSSR count). The molecule has 0 spiro atoms. The Hall–Kier alpha value is -2.80. The molecule has 1 amide bonds. The Labute approximate surface area is 143 Å². The maximum atomic E-state index is 12.3. The summed E-state index contributed by atoms with van der Waals surface area (Å²) in [6, 6.07) is 10.4. The number of hydrogen-bond acceptors (Lipinski definition) is 4. The van der Waals surface area contributed by atoms with Crippen LogP contribution < -0.4 is 0 Å². The van der Waals surface area contributed by atoms with Crippen LogP contribution in [-0.2, 0) is 4.79 Å². The number of aromatic nitrogens is 1. The monoisotopic (exact) mass is 341 g/mol. The van der Waals surface area contributed by atoms with Crippen molar-refractivity contribution in [3.8, 4) is 5.69 Å². The van der Waals surface area contributed by atoms with Crippen molar-refractivity contribution in [1.29, 1.82) is 0 Å². The highest BCUT2D eigenvalue weighted by molar-refractivity contribution is 8.18. The summed E-state index contributed by atoms with van der Waals surface area (Å²) in [4.78, 5) is 29.6. The second kappa shape index (κ2) is 6.37. The molecule has 1 aliphatic rings. The van der Waals surface area contributed by atoms with Crippen LogP contribution >= 0.6 is 11.8 Å². The average Bonchev–Trinajstić information content (AvgIpc) is 3.15. The lowest BCUT2D eigenvalue weighted by atomic mass is 10.2. The molecule has 1 aliphatic heterocycles. The largest absolute Gasteiger partial charge is 0.478 e. The Morgan fingerprint density at radius 1 is 1.29 bits per heavy atom. The number of amides is 1. The van der Waals surface area contributed by atoms with Crippen molar-refractivity contribution in [2.75, 3.05) is 14.1 Å². The topological polar surface area (TPSA) is 74.9 Å². The first-order chi connectivity index (χ1) is 11.5. The van der Waals surface area contributed by atoms with Gasteiger partial charge in [0.1, 0.15) is 0 Å². The molecule has 2 heterocycles. The van der Waals surface area contributed by atoms with Gasteiger partial charge in [0.25, 0.3) is 5.91 Å². The lowest BCUT2D eigenvalue weighted by Gasteiger charge is -2.08. The van der Waals surface area contributed by atoms with E-state index in [4.69, 9.17) is 5.11 Å². The van der Waals surface area contributed by atoms with Gasteiger partial charge in [-0.3, -0.25) is 14.7 Å². The summed E-state index contributed by atoms with van der Waals surface area (Å²) in [5, 5.41) is 9.79. The fraction of sp³-hybridized carbons (Fsp3) is 0.118. The molecule has 7 heteroatoms. The summed E-state index contributed by atoms with van der Waals surface area (Å²) >= 11 is 1.32. The summed E-state index contributed by atoms with van der Waals surface area (Å²) in [6.07, 6.45) is 3.62. The van der Waals surface area contributed by atoms with Gasteiger partial charge in [0.15, 0.2) is 5.17 Å². The van der Waals surface area contributed by atoms with Gasteiger partial charge in [0.2, 0.25) is 0 Å². The lowest BCUT2D eigenvalue weighted by molar-refractivity contribution is -0.121. The molecule has 1 N–H and O–H groups in total. The van der Waals surface area contributed by atoms with Gasteiger partial charge in [-0.15, -0.1) is 0 Å². The molecule has 24 heavy (non-hydrogen) atoms. The molecular weight excluding hydrogens is 326 g/mol. The van der Waals surface area contributed by atoms with Gasteiger partial charge >= 0.3 is 5.97 Å². The Morgan fingerprint density at radius 3 is 2.75 bits per heavy atom. The number of aliphatic imine (C=N–C) groups is 1. The molecule has 1 aromatic heterocycles. The zero-order chi connectivity index (χ0) is 17.3. The quantitative estimate of drug-likeness (QED) is 0.871. The third-order valence-electron chi connectivity index (χ3n) is 3.63. The second-order valence-corrected chi connectivity index (χ2v) is 6.15. The molecule has 1 aromatic carbocycles. The van der Waals surface area contributed by atoms with E-state index in [1.807, 2.05) is 29.0 Å². The fourth-order valence-electron chi connectivity index (χ4n) is 2.42. The molecule has 2 aromatic rings. The number of hydrogen-bond donors (Lipinski definition) is 1. The summed E-state index contributed by atoms with van der Waals surface area (Å²) in [5.74, 6) is -1.08. The van der Waals surface area contributed by atoms with Crippen LogP contribution in [0.3, 0.4) is 0 Å². The Kier molecular flexibility index (Phi) is 4.26. The van der Waals surface area contributed by atoms with Crippen LogP contribution in [0.1, 0.15) is 16.1 Å². The Bertz CT molecular complexity index is 883. The number of thioether (sulfide) groups is 1. The first kappa shape index (κ1) is 16.1. The van der Waals surface area contributed by atoms with Crippen LogP contribution in [0.5, 0.6) is 0 Å². The summed E-state index contributed by atoms with van der Waals surface area (Å²) < 4.78 is 1.84. The van der Waals surface area contributed by atoms with Gasteiger partial charge in [0, 0.05) is 31.7 Å². The number of carbonyl (C=O) groups excluding carboxylic acids is 1. The predicted molar refractivity (Wildman–Crippen MR) is 94.4 cm³/mol. The molecule has 1 fully saturated rings. The number of benzene rings is 1. The molecule has 6 nitrogen and oxygen atoms in total. The third kappa shape index (κ3) is 2.85. The van der Waals surface area contributed by atoms with E-state index >= 15 is 0 Å². The number of carboxylic acid groups (broad SMARTS) is 1. The standard InChI is InChI=1S/C17H15N3O3S/c1-18-17-19(2)15(21)14(24-17)10-13-7-4-8-20(13)12-6-3-5-11(9-12)16(22)23/h3-10H,1-2H3,(H,22,23)/b14-10-,18-17?. The van der Waals surface area contributed by atoms with Crippen molar-refractivity contribution in [2.45, 2.75) is 0 Å². The molecule has 122 valence electrons. The van der Waals surface area contributed by atoms with Crippen molar-refractivity contribution < 1.29 is 14.7 Å². The number of nitrogens with zero attached hydrogens (tertiary/aromatic N) is 3. The van der Waals surface area contributed by atoms with E-state index in [-0.39, 0.29) is 11.5 Å². The van der Waals surface area contributed by atoms with Gasteiger partial charge in [-0.05, 0) is 48.2 Å². The van der Waals surface area contributed by atoms with E-state index < -0.39 is 5.97 Å². The van der Waals surface area contributed by atoms with E-state index in [0.717, 1.165) is 11.4 Å². The number of rotatable bonds is 3. The minimum atomic E-state index is -0.976. The van der Waals surface area contributed by atoms with E-state index in [2.05, 4.69) is 4.99 Å². The van der Waals surface area contributed by atoms with Crippen molar-refractivity contribution in [3.05, 3.63) is 58.8 Å². The minimum absolute atomic E-state index is 0.104. The Morgan fingerprint density at radius 2 is 2.08 bits per heavy atom. The van der Waals surface area contributed by atoms with Gasteiger partial charge in [-0.2, -0.15) is 0 Å². The average molecular weight is 341 g/mol. The molecular formula is C17H15N3O3S. The summed E-state index contributed by atoms with van der Waals surface area (Å²) in [5.41, 5.74) is 1.73. The molecule has 0 saturated carbocycles. The van der Waals surface area contributed by atoms with Gasteiger partial charge in [0.05, 0.1) is 10.5 Å². The normalized spacial score (nSPS) is 17.9. The van der Waals surface area contributed by atoms with Gasteiger partial charge < -0.3 is 9.67 Å². The third-order valence-corrected chi connectivity index (χ3v) is 4.78. The summed E-state index contributed by atoms with van der Waals surface area (Å²) in [6.45, 7) is 0. The van der Waals surface area contributed by atoms with Crippen molar-refractivity contribution >= 4 is 34.9 Å². The van der Waals surface area contributed by atoms with Crippen molar-refractivity contribution in [2.24, 2.45) is 4.99 Å². The highest BCUT2D eigenvalue weighted by Gasteiger charge is 2.29. The zero-order valence-electron chi connectivity index (χ0n) is 13.1. The van der Waals surface area contributed by atoms with Crippen LogP contribution in [0.25, 0.3) is 11.8 Å². The molecule has 0 radical (unpaired) electrons. The first-order valence-electron chi connectivity index (χ1n) is 7.16. The van der Waals surface area contributed by atoms with Crippen LogP contribution in [0.15, 0.2) is 52.5 Å². The highest BCUT2D eigenvalue weighted by Crippen LogP contribution is 2.31. The maximum absolute atomic E-state index is 12.3.